The second-order valence-corrected chi connectivity index (χ2v) is 9.21. The fraction of sp³-hybridized carbons (Fsp3) is 0.296. The minimum absolute atomic E-state index is 0.458. The lowest BCUT2D eigenvalue weighted by Crippen LogP contribution is -2.26. The lowest BCUT2D eigenvalue weighted by atomic mass is 9.93. The highest BCUT2D eigenvalue weighted by Crippen LogP contribution is 2.41. The van der Waals surface area contributed by atoms with Crippen LogP contribution in [0.4, 0.5) is 5.69 Å². The van der Waals surface area contributed by atoms with E-state index in [0.29, 0.717) is 5.36 Å². The Morgan fingerprint density at radius 3 is 2.41 bits per heavy atom. The summed E-state index contributed by atoms with van der Waals surface area (Å²) in [5.41, 5.74) is 5.40. The molecule has 4 nitrogen and oxygen atoms in total. The smallest absolute Gasteiger partial charge is 0.137 e. The molecule has 0 unspecified atom stereocenters. The van der Waals surface area contributed by atoms with Crippen LogP contribution >= 0.6 is 11.8 Å². The summed E-state index contributed by atoms with van der Waals surface area (Å²) in [6.07, 6.45) is 3.21. The second-order valence-electron chi connectivity index (χ2n) is 8.33. The molecule has 1 aliphatic carbocycles. The van der Waals surface area contributed by atoms with Crippen LogP contribution in [0.2, 0.25) is 0 Å². The number of thioether (sulfide) groups is 1. The number of nitrogens with one attached hydrogen (secondary N) is 1. The van der Waals surface area contributed by atoms with Crippen LogP contribution in [0.1, 0.15) is 13.3 Å². The molecule has 0 saturated heterocycles. The number of benzene rings is 3. The average molecular weight is 446 g/mol. The lowest BCUT2D eigenvalue weighted by Gasteiger charge is -2.25. The molecule has 0 aromatic heterocycles. The molecule has 32 heavy (non-hydrogen) atoms. The standard InChI is InChI=1S/C27H31N3OS/c1-5-30(16-6-15-29(2)3)21-10-14-24-26(18-21)31-25-17-20(28)9-13-23(25)27(24)19-7-11-22(32-4)12-8-19/h7-14,17-18,28H,5-6,15-16H2,1-4H3. The van der Waals surface area contributed by atoms with E-state index in [9.17, 15) is 0 Å². The Morgan fingerprint density at radius 2 is 1.72 bits per heavy atom. The first-order chi connectivity index (χ1) is 15.5. The van der Waals surface area contributed by atoms with Crippen molar-refractivity contribution in [3.05, 3.63) is 66.0 Å². The first-order valence-corrected chi connectivity index (χ1v) is 12.3. The number of nitrogens with zero attached hydrogens (tertiary/aromatic N) is 2. The minimum atomic E-state index is 0.458. The van der Waals surface area contributed by atoms with Crippen LogP contribution in [0.5, 0.6) is 0 Å². The van der Waals surface area contributed by atoms with Gasteiger partial charge in [-0.2, -0.15) is 0 Å². The lowest BCUT2D eigenvalue weighted by molar-refractivity contribution is 0.400. The van der Waals surface area contributed by atoms with E-state index >= 15 is 0 Å². The molecule has 0 radical (unpaired) electrons. The van der Waals surface area contributed by atoms with Gasteiger partial charge in [-0.3, -0.25) is 0 Å². The van der Waals surface area contributed by atoms with Gasteiger partial charge >= 0.3 is 0 Å². The summed E-state index contributed by atoms with van der Waals surface area (Å²) >= 11 is 1.75. The van der Waals surface area contributed by atoms with Gasteiger partial charge in [0, 0.05) is 52.3 Å². The third kappa shape index (κ3) is 4.69. The van der Waals surface area contributed by atoms with E-state index in [-0.39, 0.29) is 0 Å². The maximum Gasteiger partial charge on any atom is 0.137 e. The monoisotopic (exact) mass is 445 g/mol. The maximum absolute atomic E-state index is 8.09. The van der Waals surface area contributed by atoms with Gasteiger partial charge in [-0.15, -0.1) is 11.8 Å². The van der Waals surface area contributed by atoms with Crippen molar-refractivity contribution in [3.63, 3.8) is 0 Å². The predicted molar refractivity (Wildman–Crippen MR) is 137 cm³/mol. The van der Waals surface area contributed by atoms with Crippen LogP contribution in [0.25, 0.3) is 33.4 Å². The van der Waals surface area contributed by atoms with E-state index in [1.807, 2.05) is 18.2 Å². The second kappa shape index (κ2) is 9.80. The number of hydrogen-bond donors (Lipinski definition) is 1. The summed E-state index contributed by atoms with van der Waals surface area (Å²) in [4.78, 5) is 5.87. The van der Waals surface area contributed by atoms with Crippen LogP contribution in [0.3, 0.4) is 0 Å². The Hall–Kier alpha value is -2.76. The summed E-state index contributed by atoms with van der Waals surface area (Å²) in [5.74, 6) is 0.752. The summed E-state index contributed by atoms with van der Waals surface area (Å²) in [6.45, 7) is 5.23. The van der Waals surface area contributed by atoms with E-state index in [4.69, 9.17) is 9.83 Å². The van der Waals surface area contributed by atoms with Crippen molar-refractivity contribution < 1.29 is 4.42 Å². The van der Waals surface area contributed by atoms with E-state index in [2.05, 4.69) is 79.5 Å². The van der Waals surface area contributed by atoms with Gasteiger partial charge < -0.3 is 19.6 Å². The zero-order chi connectivity index (χ0) is 22.7. The van der Waals surface area contributed by atoms with E-state index in [0.717, 1.165) is 59.5 Å². The van der Waals surface area contributed by atoms with Gasteiger partial charge in [-0.05, 0) is 82.2 Å². The number of anilines is 1. The Labute approximate surface area is 194 Å². The summed E-state index contributed by atoms with van der Waals surface area (Å²) in [7, 11) is 4.23. The van der Waals surface area contributed by atoms with Gasteiger partial charge in [-0.1, -0.05) is 12.1 Å². The topological polar surface area (TPSA) is 43.5 Å². The van der Waals surface area contributed by atoms with Crippen molar-refractivity contribution in [2.75, 3.05) is 44.9 Å². The molecule has 4 rings (SSSR count). The van der Waals surface area contributed by atoms with Crippen LogP contribution in [0, 0.1) is 5.41 Å². The fourth-order valence-electron chi connectivity index (χ4n) is 4.19. The predicted octanol–water partition coefficient (Wildman–Crippen LogP) is 6.18. The van der Waals surface area contributed by atoms with Gasteiger partial charge in [0.25, 0.3) is 0 Å². The molecule has 0 saturated carbocycles. The highest BCUT2D eigenvalue weighted by molar-refractivity contribution is 7.98. The van der Waals surface area contributed by atoms with E-state index in [1.165, 1.54) is 10.6 Å². The molecule has 2 aromatic rings. The van der Waals surface area contributed by atoms with Crippen LogP contribution in [-0.4, -0.2) is 44.9 Å². The first kappa shape index (κ1) is 22.4. The molecule has 0 fully saturated rings. The summed E-state index contributed by atoms with van der Waals surface area (Å²) in [5, 5.41) is 9.64. The molecular weight excluding hydrogens is 414 g/mol. The number of rotatable bonds is 8. The number of hydrogen-bond acceptors (Lipinski definition) is 5. The SMILES string of the molecule is CCN(CCCN(C)C)c1ccc2c(-c3ccc(SC)cc3)c3ccc(=N)cc-3oc2c1. The van der Waals surface area contributed by atoms with Crippen molar-refractivity contribution in [2.45, 2.75) is 18.2 Å². The van der Waals surface area contributed by atoms with E-state index in [1.54, 1.807) is 11.8 Å². The molecule has 1 N–H and O–H groups in total. The normalized spacial score (nSPS) is 11.5. The highest BCUT2D eigenvalue weighted by atomic mass is 32.2. The molecule has 1 heterocycles. The first-order valence-electron chi connectivity index (χ1n) is 11.1. The van der Waals surface area contributed by atoms with Crippen LogP contribution in [-0.2, 0) is 0 Å². The Balaban J connectivity index is 1.85. The third-order valence-electron chi connectivity index (χ3n) is 5.86. The molecule has 1 aliphatic heterocycles. The molecule has 0 spiro atoms. The fourth-order valence-corrected chi connectivity index (χ4v) is 4.60. The van der Waals surface area contributed by atoms with Crippen molar-refractivity contribution in [1.29, 1.82) is 5.41 Å². The van der Waals surface area contributed by atoms with Crippen molar-refractivity contribution in [1.82, 2.24) is 4.90 Å². The zero-order valence-electron chi connectivity index (χ0n) is 19.3. The molecule has 0 atom stereocenters. The van der Waals surface area contributed by atoms with Crippen LogP contribution in [0.15, 0.2) is 70.0 Å². The Bertz CT molecular complexity index is 1230. The largest absolute Gasteiger partial charge is 0.456 e. The van der Waals surface area contributed by atoms with Gasteiger partial charge in [0.15, 0.2) is 0 Å². The van der Waals surface area contributed by atoms with Gasteiger partial charge in [0.1, 0.15) is 11.3 Å². The highest BCUT2D eigenvalue weighted by Gasteiger charge is 2.18. The number of fused-ring (bicyclic) bond motifs is 2. The Morgan fingerprint density at radius 1 is 0.938 bits per heavy atom. The Kier molecular flexibility index (Phi) is 6.87. The van der Waals surface area contributed by atoms with E-state index < -0.39 is 0 Å². The van der Waals surface area contributed by atoms with Gasteiger partial charge in [-0.25, -0.2) is 0 Å². The zero-order valence-corrected chi connectivity index (χ0v) is 20.1. The van der Waals surface area contributed by atoms with Gasteiger partial charge in [0.2, 0.25) is 0 Å². The summed E-state index contributed by atoms with van der Waals surface area (Å²) < 4.78 is 6.35. The molecule has 0 amide bonds. The molecule has 5 heteroatoms. The maximum atomic E-state index is 8.09. The molecule has 2 aromatic carbocycles. The van der Waals surface area contributed by atoms with Crippen molar-refractivity contribution >= 4 is 28.4 Å². The molecule has 2 aliphatic rings. The van der Waals surface area contributed by atoms with Crippen LogP contribution < -0.4 is 10.3 Å². The third-order valence-corrected chi connectivity index (χ3v) is 6.61. The molecule has 166 valence electrons. The summed E-state index contributed by atoms with van der Waals surface area (Å²) in [6, 6.07) is 20.9. The minimum Gasteiger partial charge on any atom is -0.456 e. The van der Waals surface area contributed by atoms with Crippen molar-refractivity contribution in [2.24, 2.45) is 0 Å². The average Bonchev–Trinajstić information content (AvgIpc) is 2.80. The van der Waals surface area contributed by atoms with Gasteiger partial charge in [0.05, 0.1) is 5.36 Å². The van der Waals surface area contributed by atoms with Crippen molar-refractivity contribution in [3.8, 4) is 22.5 Å². The quantitative estimate of drug-likeness (QED) is 0.260. The molecule has 0 bridgehead atoms. The molecular formula is C27H31N3OS.